The Morgan fingerprint density at radius 3 is 2.37 bits per heavy atom. The van der Waals surface area contributed by atoms with Crippen LogP contribution in [0.1, 0.15) is 10.4 Å². The molecule has 1 amide bonds. The zero-order valence-corrected chi connectivity index (χ0v) is 13.3. The van der Waals surface area contributed by atoms with Crippen LogP contribution in [0.4, 0.5) is 5.69 Å². The van der Waals surface area contributed by atoms with Crippen molar-refractivity contribution in [1.82, 2.24) is 0 Å². The lowest BCUT2D eigenvalue weighted by Crippen LogP contribution is -2.13. The van der Waals surface area contributed by atoms with E-state index in [9.17, 15) is 4.79 Å². The van der Waals surface area contributed by atoms with Crippen molar-refractivity contribution in [1.29, 1.82) is 0 Å². The number of nitrogens with one attached hydrogen (secondary N) is 1. The number of rotatable bonds is 3. The van der Waals surface area contributed by atoms with Crippen LogP contribution < -0.4 is 10.1 Å². The van der Waals surface area contributed by atoms with Gasteiger partial charge in [-0.3, -0.25) is 4.79 Å². The average molecular weight is 385 g/mol. The van der Waals surface area contributed by atoms with E-state index in [2.05, 4.69) is 37.2 Å². The first-order valence-electron chi connectivity index (χ1n) is 5.50. The first kappa shape index (κ1) is 14.1. The maximum atomic E-state index is 12.2. The van der Waals surface area contributed by atoms with Gasteiger partial charge in [-0.2, -0.15) is 0 Å². The molecule has 0 spiro atoms. The lowest BCUT2D eigenvalue weighted by atomic mass is 10.2. The number of hydrogen-bond donors (Lipinski definition) is 1. The van der Waals surface area contributed by atoms with E-state index in [0.29, 0.717) is 17.0 Å². The Morgan fingerprint density at radius 1 is 1.11 bits per heavy atom. The lowest BCUT2D eigenvalue weighted by Gasteiger charge is -2.09. The van der Waals surface area contributed by atoms with Crippen LogP contribution in [0.2, 0.25) is 0 Å². The molecule has 0 atom stereocenters. The third-order valence-electron chi connectivity index (χ3n) is 2.47. The molecular weight excluding hydrogens is 374 g/mol. The Bertz CT molecular complexity index is 594. The average Bonchev–Trinajstić information content (AvgIpc) is 2.37. The highest BCUT2D eigenvalue weighted by atomic mass is 79.9. The van der Waals surface area contributed by atoms with Gasteiger partial charge in [-0.25, -0.2) is 0 Å². The number of benzene rings is 2. The SMILES string of the molecule is COc1ccccc1C(=O)Nc1cc(Br)cc(Br)c1. The largest absolute Gasteiger partial charge is 0.496 e. The monoisotopic (exact) mass is 383 g/mol. The number of ether oxygens (including phenoxy) is 1. The summed E-state index contributed by atoms with van der Waals surface area (Å²) in [5.74, 6) is 0.344. The molecule has 19 heavy (non-hydrogen) atoms. The quantitative estimate of drug-likeness (QED) is 0.847. The summed E-state index contributed by atoms with van der Waals surface area (Å²) in [6, 6.07) is 12.7. The van der Waals surface area contributed by atoms with Crippen molar-refractivity contribution in [3.8, 4) is 5.75 Å². The Balaban J connectivity index is 2.25. The summed E-state index contributed by atoms with van der Waals surface area (Å²) < 4.78 is 6.94. The molecule has 0 saturated carbocycles. The number of methoxy groups -OCH3 is 1. The fourth-order valence-electron chi connectivity index (χ4n) is 1.66. The van der Waals surface area contributed by atoms with Gasteiger partial charge in [0.1, 0.15) is 5.75 Å². The molecule has 2 aromatic carbocycles. The molecule has 0 fully saturated rings. The van der Waals surface area contributed by atoms with Crippen LogP contribution in [-0.4, -0.2) is 13.0 Å². The van der Waals surface area contributed by atoms with Crippen molar-refractivity contribution in [3.63, 3.8) is 0 Å². The minimum absolute atomic E-state index is 0.206. The van der Waals surface area contributed by atoms with Gasteiger partial charge in [0, 0.05) is 14.6 Å². The highest BCUT2D eigenvalue weighted by molar-refractivity contribution is 9.11. The first-order chi connectivity index (χ1) is 9.10. The number of carbonyl (C=O) groups is 1. The minimum Gasteiger partial charge on any atom is -0.496 e. The van der Waals surface area contributed by atoms with Crippen LogP contribution in [0.25, 0.3) is 0 Å². The third-order valence-corrected chi connectivity index (χ3v) is 3.39. The Hall–Kier alpha value is -1.33. The van der Waals surface area contributed by atoms with Gasteiger partial charge in [0.2, 0.25) is 0 Å². The molecule has 0 saturated heterocycles. The second-order valence-corrected chi connectivity index (χ2v) is 5.64. The maximum absolute atomic E-state index is 12.2. The molecule has 0 aliphatic rings. The van der Waals surface area contributed by atoms with E-state index in [1.807, 2.05) is 24.3 Å². The molecule has 5 heteroatoms. The number of halogens is 2. The van der Waals surface area contributed by atoms with Gasteiger partial charge in [-0.1, -0.05) is 44.0 Å². The van der Waals surface area contributed by atoms with E-state index in [1.165, 1.54) is 0 Å². The number of hydrogen-bond acceptors (Lipinski definition) is 2. The fraction of sp³-hybridized carbons (Fsp3) is 0.0714. The topological polar surface area (TPSA) is 38.3 Å². The number of amides is 1. The smallest absolute Gasteiger partial charge is 0.259 e. The van der Waals surface area contributed by atoms with Gasteiger partial charge < -0.3 is 10.1 Å². The highest BCUT2D eigenvalue weighted by Crippen LogP contribution is 2.25. The predicted octanol–water partition coefficient (Wildman–Crippen LogP) is 4.47. The molecule has 0 aliphatic carbocycles. The molecule has 0 aromatic heterocycles. The van der Waals surface area contributed by atoms with Crippen molar-refractivity contribution < 1.29 is 9.53 Å². The third kappa shape index (κ3) is 3.58. The summed E-state index contributed by atoms with van der Waals surface area (Å²) >= 11 is 6.76. The molecule has 2 rings (SSSR count). The molecule has 1 N–H and O–H groups in total. The van der Waals surface area contributed by atoms with Crippen molar-refractivity contribution in [2.24, 2.45) is 0 Å². The van der Waals surface area contributed by atoms with E-state index in [4.69, 9.17) is 4.74 Å². The zero-order valence-electron chi connectivity index (χ0n) is 10.1. The standard InChI is InChI=1S/C14H11Br2NO2/c1-19-13-5-3-2-4-12(13)14(18)17-11-7-9(15)6-10(16)8-11/h2-8H,1H3,(H,17,18). The second kappa shape index (κ2) is 6.21. The minimum atomic E-state index is -0.206. The molecule has 0 unspecified atom stereocenters. The van der Waals surface area contributed by atoms with Crippen molar-refractivity contribution >= 4 is 43.5 Å². The van der Waals surface area contributed by atoms with Crippen LogP contribution in [0, 0.1) is 0 Å². The van der Waals surface area contributed by atoms with Crippen LogP contribution in [0.3, 0.4) is 0 Å². The summed E-state index contributed by atoms with van der Waals surface area (Å²) in [5, 5.41) is 2.84. The van der Waals surface area contributed by atoms with E-state index >= 15 is 0 Å². The van der Waals surface area contributed by atoms with Gasteiger partial charge >= 0.3 is 0 Å². The van der Waals surface area contributed by atoms with Gasteiger partial charge in [0.05, 0.1) is 12.7 Å². The number of carbonyl (C=O) groups excluding carboxylic acids is 1. The second-order valence-electron chi connectivity index (χ2n) is 3.81. The van der Waals surface area contributed by atoms with Gasteiger partial charge in [-0.15, -0.1) is 0 Å². The molecule has 0 bridgehead atoms. The van der Waals surface area contributed by atoms with Gasteiger partial charge in [0.15, 0.2) is 0 Å². The number of anilines is 1. The Labute approximate surface area is 128 Å². The van der Waals surface area contributed by atoms with Gasteiger partial charge in [-0.05, 0) is 30.3 Å². The summed E-state index contributed by atoms with van der Waals surface area (Å²) in [5.41, 5.74) is 1.21. The van der Waals surface area contributed by atoms with E-state index < -0.39 is 0 Å². The van der Waals surface area contributed by atoms with E-state index in [1.54, 1.807) is 25.3 Å². The summed E-state index contributed by atoms with van der Waals surface area (Å²) in [6.45, 7) is 0. The lowest BCUT2D eigenvalue weighted by molar-refractivity contribution is 0.102. The predicted molar refractivity (Wildman–Crippen MR) is 82.8 cm³/mol. The molecular formula is C14H11Br2NO2. The summed E-state index contributed by atoms with van der Waals surface area (Å²) in [7, 11) is 1.54. The van der Waals surface area contributed by atoms with Crippen LogP contribution in [-0.2, 0) is 0 Å². The van der Waals surface area contributed by atoms with Crippen LogP contribution >= 0.6 is 31.9 Å². The summed E-state index contributed by atoms with van der Waals surface area (Å²) in [6.07, 6.45) is 0. The molecule has 2 aromatic rings. The summed E-state index contributed by atoms with van der Waals surface area (Å²) in [4.78, 5) is 12.2. The maximum Gasteiger partial charge on any atom is 0.259 e. The molecule has 0 aliphatic heterocycles. The van der Waals surface area contributed by atoms with Crippen molar-refractivity contribution in [2.75, 3.05) is 12.4 Å². The number of para-hydroxylation sites is 1. The fourth-order valence-corrected chi connectivity index (χ4v) is 2.95. The highest BCUT2D eigenvalue weighted by Gasteiger charge is 2.11. The van der Waals surface area contributed by atoms with E-state index in [0.717, 1.165) is 8.95 Å². The van der Waals surface area contributed by atoms with Crippen LogP contribution in [0.5, 0.6) is 5.75 Å². The van der Waals surface area contributed by atoms with Crippen molar-refractivity contribution in [2.45, 2.75) is 0 Å². The van der Waals surface area contributed by atoms with E-state index in [-0.39, 0.29) is 5.91 Å². The molecule has 0 radical (unpaired) electrons. The molecule has 98 valence electrons. The Kier molecular flexibility index (Phi) is 4.61. The molecule has 0 heterocycles. The van der Waals surface area contributed by atoms with Crippen LogP contribution in [0.15, 0.2) is 51.4 Å². The first-order valence-corrected chi connectivity index (χ1v) is 7.09. The van der Waals surface area contributed by atoms with Gasteiger partial charge in [0.25, 0.3) is 5.91 Å². The van der Waals surface area contributed by atoms with Crippen molar-refractivity contribution in [3.05, 3.63) is 57.0 Å². The normalized spacial score (nSPS) is 10.1. The zero-order chi connectivity index (χ0) is 13.8. The Morgan fingerprint density at radius 2 is 1.74 bits per heavy atom. The molecule has 3 nitrogen and oxygen atoms in total.